The van der Waals surface area contributed by atoms with Gasteiger partial charge < -0.3 is 10.2 Å². The van der Waals surface area contributed by atoms with Crippen molar-refractivity contribution in [1.82, 2.24) is 20.4 Å². The average Bonchev–Trinajstić information content (AvgIpc) is 3.31. The first-order valence-corrected chi connectivity index (χ1v) is 9.19. The van der Waals surface area contributed by atoms with E-state index < -0.39 is 24.0 Å². The first kappa shape index (κ1) is 19.4. The normalized spacial score (nSPS) is 23.3. The van der Waals surface area contributed by atoms with E-state index in [4.69, 9.17) is 0 Å². The molecule has 0 spiro atoms. The van der Waals surface area contributed by atoms with Crippen LogP contribution in [-0.4, -0.2) is 52.2 Å². The Morgan fingerprint density at radius 2 is 2.19 bits per heavy atom. The van der Waals surface area contributed by atoms with E-state index in [1.54, 1.807) is 6.08 Å². The summed E-state index contributed by atoms with van der Waals surface area (Å²) >= 11 is 0. The van der Waals surface area contributed by atoms with Crippen LogP contribution in [0.4, 0.5) is 13.2 Å². The quantitative estimate of drug-likeness (QED) is 0.838. The van der Waals surface area contributed by atoms with E-state index in [-0.39, 0.29) is 25.4 Å². The van der Waals surface area contributed by atoms with Crippen LogP contribution in [0, 0.1) is 5.92 Å². The Kier molecular flexibility index (Phi) is 5.57. The van der Waals surface area contributed by atoms with Gasteiger partial charge in [-0.15, -0.1) is 0 Å². The molecule has 2 amide bonds. The number of nitrogens with one attached hydrogen (secondary N) is 2. The highest BCUT2D eigenvalue weighted by atomic mass is 19.4. The number of hydrogen-bond acceptors (Lipinski definition) is 3. The lowest BCUT2D eigenvalue weighted by Crippen LogP contribution is -2.57. The summed E-state index contributed by atoms with van der Waals surface area (Å²) in [5.41, 5.74) is 1.55. The minimum Gasteiger partial charge on any atom is -0.347 e. The van der Waals surface area contributed by atoms with Crippen molar-refractivity contribution in [1.29, 1.82) is 0 Å². The van der Waals surface area contributed by atoms with Gasteiger partial charge in [0.2, 0.25) is 5.91 Å². The van der Waals surface area contributed by atoms with Gasteiger partial charge in [-0.1, -0.05) is 13.0 Å². The van der Waals surface area contributed by atoms with Crippen molar-refractivity contribution in [2.75, 3.05) is 13.1 Å². The molecular weight excluding hydrogens is 361 g/mol. The Balaban J connectivity index is 1.76. The molecule has 3 rings (SSSR count). The van der Waals surface area contributed by atoms with E-state index >= 15 is 0 Å². The number of aromatic amines is 1. The molecule has 1 fully saturated rings. The molecule has 1 aromatic heterocycles. The standard InChI is InChI=1S/C18H23F3N4O2/c1-2-14-12(9-22-24-14)17(27)25-8-7-13(18(19,20)21)15(10-25)23-16(26)11-5-3-4-6-11/h5,9,13,15H,2-4,6-8,10H2,1H3,(H,22,24)(H,23,26). The summed E-state index contributed by atoms with van der Waals surface area (Å²) in [5.74, 6) is -2.48. The summed E-state index contributed by atoms with van der Waals surface area (Å²) in [5, 5.41) is 9.12. The molecule has 148 valence electrons. The van der Waals surface area contributed by atoms with Crippen molar-refractivity contribution in [3.8, 4) is 0 Å². The average molecular weight is 384 g/mol. The number of amides is 2. The summed E-state index contributed by atoms with van der Waals surface area (Å²) in [6, 6.07) is -1.16. The fourth-order valence-corrected chi connectivity index (χ4v) is 3.75. The minimum absolute atomic E-state index is 0.00753. The van der Waals surface area contributed by atoms with E-state index in [0.717, 1.165) is 12.8 Å². The highest BCUT2D eigenvalue weighted by Crippen LogP contribution is 2.35. The topological polar surface area (TPSA) is 78.1 Å². The van der Waals surface area contributed by atoms with Crippen molar-refractivity contribution in [3.63, 3.8) is 0 Å². The highest BCUT2D eigenvalue weighted by Gasteiger charge is 2.48. The number of piperidine rings is 1. The summed E-state index contributed by atoms with van der Waals surface area (Å²) in [7, 11) is 0. The van der Waals surface area contributed by atoms with Crippen LogP contribution in [0.25, 0.3) is 0 Å². The van der Waals surface area contributed by atoms with Crippen LogP contribution < -0.4 is 5.32 Å². The fraction of sp³-hybridized carbons (Fsp3) is 0.611. The maximum absolute atomic E-state index is 13.5. The Labute approximate surface area is 155 Å². The van der Waals surface area contributed by atoms with Gasteiger partial charge in [-0.3, -0.25) is 14.7 Å². The molecule has 2 N–H and O–H groups in total. The first-order valence-electron chi connectivity index (χ1n) is 9.19. The predicted molar refractivity (Wildman–Crippen MR) is 91.9 cm³/mol. The third-order valence-electron chi connectivity index (χ3n) is 5.27. The van der Waals surface area contributed by atoms with E-state index in [0.29, 0.717) is 29.7 Å². The van der Waals surface area contributed by atoms with Crippen molar-refractivity contribution >= 4 is 11.8 Å². The molecule has 0 saturated carbocycles. The van der Waals surface area contributed by atoms with Crippen LogP contribution in [0.1, 0.15) is 48.7 Å². The number of alkyl halides is 3. The second kappa shape index (κ2) is 7.74. The van der Waals surface area contributed by atoms with Crippen molar-refractivity contribution in [2.45, 2.75) is 51.2 Å². The molecule has 27 heavy (non-hydrogen) atoms. The lowest BCUT2D eigenvalue weighted by molar-refractivity contribution is -0.191. The van der Waals surface area contributed by atoms with Gasteiger partial charge >= 0.3 is 6.18 Å². The SMILES string of the molecule is CCc1[nH]ncc1C(=O)N1CCC(C(F)(F)F)C(NC(=O)C2=CCCC2)C1. The van der Waals surface area contributed by atoms with Crippen LogP contribution >= 0.6 is 0 Å². The molecule has 0 bridgehead atoms. The van der Waals surface area contributed by atoms with E-state index in [2.05, 4.69) is 15.5 Å². The lowest BCUT2D eigenvalue weighted by atomic mass is 9.90. The number of rotatable bonds is 4. The molecule has 1 aromatic rings. The molecule has 9 heteroatoms. The minimum atomic E-state index is -4.43. The fourth-order valence-electron chi connectivity index (χ4n) is 3.75. The number of allylic oxidation sites excluding steroid dienone is 1. The number of hydrogen-bond donors (Lipinski definition) is 2. The number of halogens is 3. The third kappa shape index (κ3) is 4.17. The maximum atomic E-state index is 13.5. The second-order valence-electron chi connectivity index (χ2n) is 7.01. The summed E-state index contributed by atoms with van der Waals surface area (Å²) in [6.45, 7) is 1.68. The number of carbonyl (C=O) groups excluding carboxylic acids is 2. The first-order chi connectivity index (χ1) is 12.8. The Bertz CT molecular complexity index is 741. The van der Waals surface area contributed by atoms with Gasteiger partial charge in [0.1, 0.15) is 0 Å². The number of carbonyl (C=O) groups is 2. The van der Waals surface area contributed by atoms with Gasteiger partial charge in [0.25, 0.3) is 5.91 Å². The van der Waals surface area contributed by atoms with Gasteiger partial charge in [-0.05, 0) is 32.1 Å². The van der Waals surface area contributed by atoms with Crippen molar-refractivity contribution in [2.24, 2.45) is 5.92 Å². The third-order valence-corrected chi connectivity index (χ3v) is 5.27. The summed E-state index contributed by atoms with van der Waals surface area (Å²) in [4.78, 5) is 26.4. The van der Waals surface area contributed by atoms with Crippen LogP contribution in [0.3, 0.4) is 0 Å². The van der Waals surface area contributed by atoms with Crippen molar-refractivity contribution in [3.05, 3.63) is 29.1 Å². The number of nitrogens with zero attached hydrogens (tertiary/aromatic N) is 2. The highest BCUT2D eigenvalue weighted by molar-refractivity contribution is 5.96. The largest absolute Gasteiger partial charge is 0.393 e. The molecule has 2 aliphatic rings. The second-order valence-corrected chi connectivity index (χ2v) is 7.01. The number of aromatic nitrogens is 2. The molecule has 6 nitrogen and oxygen atoms in total. The lowest BCUT2D eigenvalue weighted by Gasteiger charge is -2.39. The molecule has 1 saturated heterocycles. The Hall–Kier alpha value is -2.32. The zero-order valence-electron chi connectivity index (χ0n) is 15.1. The Morgan fingerprint density at radius 1 is 1.41 bits per heavy atom. The van der Waals surface area contributed by atoms with E-state index in [1.165, 1.54) is 11.1 Å². The molecular formula is C18H23F3N4O2. The summed E-state index contributed by atoms with van der Waals surface area (Å²) in [6.07, 6.45) is 1.24. The number of likely N-dealkylation sites (tertiary alicyclic amines) is 1. The monoisotopic (exact) mass is 384 g/mol. The number of H-pyrrole nitrogens is 1. The van der Waals surface area contributed by atoms with Crippen molar-refractivity contribution < 1.29 is 22.8 Å². The molecule has 0 radical (unpaired) electrons. The predicted octanol–water partition coefficient (Wildman–Crippen LogP) is 2.59. The molecule has 2 atom stereocenters. The Morgan fingerprint density at radius 3 is 2.81 bits per heavy atom. The van der Waals surface area contributed by atoms with Crippen LogP contribution in [0.5, 0.6) is 0 Å². The zero-order chi connectivity index (χ0) is 19.6. The van der Waals surface area contributed by atoms with E-state index in [9.17, 15) is 22.8 Å². The van der Waals surface area contributed by atoms with E-state index in [1.807, 2.05) is 6.92 Å². The van der Waals surface area contributed by atoms with Crippen LogP contribution in [-0.2, 0) is 11.2 Å². The van der Waals surface area contributed by atoms with Crippen LogP contribution in [0.2, 0.25) is 0 Å². The van der Waals surface area contributed by atoms with Gasteiger partial charge in [0, 0.05) is 24.4 Å². The smallest absolute Gasteiger partial charge is 0.347 e. The van der Waals surface area contributed by atoms with Gasteiger partial charge in [0.15, 0.2) is 0 Å². The maximum Gasteiger partial charge on any atom is 0.393 e. The molecule has 1 aliphatic heterocycles. The molecule has 1 aliphatic carbocycles. The van der Waals surface area contributed by atoms with Gasteiger partial charge in [0.05, 0.1) is 23.7 Å². The molecule has 2 unspecified atom stereocenters. The number of aryl methyl sites for hydroxylation is 1. The molecule has 0 aromatic carbocycles. The molecule has 2 heterocycles. The van der Waals surface area contributed by atoms with Gasteiger partial charge in [-0.2, -0.15) is 18.3 Å². The van der Waals surface area contributed by atoms with Gasteiger partial charge in [-0.25, -0.2) is 0 Å². The summed E-state index contributed by atoms with van der Waals surface area (Å²) < 4.78 is 40.4. The zero-order valence-corrected chi connectivity index (χ0v) is 15.1. The van der Waals surface area contributed by atoms with Crippen LogP contribution in [0.15, 0.2) is 17.8 Å².